The number of fused-ring (bicyclic) bond motifs is 4. The zero-order valence-electron chi connectivity index (χ0n) is 21.2. The fourth-order valence-corrected chi connectivity index (χ4v) is 4.80. The standard InChI is InChI=1S/C20H21N5O.C6H8O7/c1-23-17-5-3-2-4-15(17)16-7-6-14(10-18(16)23)11-24-8-9-25-19(12-24)21-22-20(25)13-26;7-3(8)1-6(13,5(11)12)2-4(9)10/h2-7,10,26H,8-9,11-13H2,1H3;13H,1-2H2,(H,7,8)(H,9,10)(H,11,12). The number of aliphatic hydroxyl groups is 2. The molecule has 2 aromatic carbocycles. The lowest BCUT2D eigenvalue weighted by molar-refractivity contribution is -0.170. The van der Waals surface area contributed by atoms with E-state index in [4.69, 9.17) is 20.4 Å². The molecule has 13 heteroatoms. The second-order valence-corrected chi connectivity index (χ2v) is 9.46. The van der Waals surface area contributed by atoms with Crippen molar-refractivity contribution in [2.24, 2.45) is 7.05 Å². The maximum absolute atomic E-state index is 10.3. The summed E-state index contributed by atoms with van der Waals surface area (Å²) in [5.41, 5.74) is 1.10. The Bertz CT molecular complexity index is 1530. The van der Waals surface area contributed by atoms with Gasteiger partial charge in [0.2, 0.25) is 0 Å². The molecule has 206 valence electrons. The lowest BCUT2D eigenvalue weighted by Crippen LogP contribution is -2.42. The smallest absolute Gasteiger partial charge is 0.336 e. The number of hydrogen-bond donors (Lipinski definition) is 5. The third-order valence-electron chi connectivity index (χ3n) is 6.72. The van der Waals surface area contributed by atoms with Crippen LogP contribution in [0.15, 0.2) is 42.5 Å². The Morgan fingerprint density at radius 3 is 2.23 bits per heavy atom. The number of hydrogen-bond acceptors (Lipinski definition) is 8. The summed E-state index contributed by atoms with van der Waals surface area (Å²) in [7, 11) is 2.13. The van der Waals surface area contributed by atoms with Gasteiger partial charge in [-0.05, 0) is 17.7 Å². The number of nitrogens with zero attached hydrogens (tertiary/aromatic N) is 5. The van der Waals surface area contributed by atoms with Gasteiger partial charge in [0.25, 0.3) is 0 Å². The molecule has 5 rings (SSSR count). The third kappa shape index (κ3) is 5.90. The quantitative estimate of drug-likeness (QED) is 0.216. The molecule has 5 N–H and O–H groups in total. The predicted octanol–water partition coefficient (Wildman–Crippen LogP) is 1.18. The van der Waals surface area contributed by atoms with Crippen molar-refractivity contribution in [3.05, 3.63) is 59.7 Å². The lowest BCUT2D eigenvalue weighted by atomic mass is 9.96. The molecule has 3 heterocycles. The molecule has 2 aromatic heterocycles. The summed E-state index contributed by atoms with van der Waals surface area (Å²) in [4.78, 5) is 32.9. The highest BCUT2D eigenvalue weighted by atomic mass is 16.4. The number of carboxylic acid groups (broad SMARTS) is 3. The Morgan fingerprint density at radius 2 is 1.59 bits per heavy atom. The highest BCUT2D eigenvalue weighted by molar-refractivity contribution is 6.08. The molecule has 0 spiro atoms. The van der Waals surface area contributed by atoms with Crippen molar-refractivity contribution in [2.75, 3.05) is 6.54 Å². The van der Waals surface area contributed by atoms with Gasteiger partial charge in [-0.3, -0.25) is 14.5 Å². The first-order chi connectivity index (χ1) is 18.5. The van der Waals surface area contributed by atoms with Crippen LogP contribution >= 0.6 is 0 Å². The number of aliphatic hydroxyl groups excluding tert-OH is 1. The van der Waals surface area contributed by atoms with Crippen LogP contribution < -0.4 is 0 Å². The minimum atomic E-state index is -2.74. The van der Waals surface area contributed by atoms with Gasteiger partial charge >= 0.3 is 17.9 Å². The normalized spacial score (nSPS) is 13.6. The number of para-hydroxylation sites is 1. The second kappa shape index (κ2) is 11.2. The van der Waals surface area contributed by atoms with Crippen molar-refractivity contribution in [2.45, 2.75) is 44.7 Å². The lowest BCUT2D eigenvalue weighted by Gasteiger charge is -2.27. The van der Waals surface area contributed by atoms with Gasteiger partial charge in [-0.25, -0.2) is 4.79 Å². The van der Waals surface area contributed by atoms with Crippen LogP contribution in [0.3, 0.4) is 0 Å². The number of benzene rings is 2. The van der Waals surface area contributed by atoms with E-state index in [1.807, 2.05) is 4.57 Å². The highest BCUT2D eigenvalue weighted by Gasteiger charge is 2.40. The Kier molecular flexibility index (Phi) is 7.95. The van der Waals surface area contributed by atoms with Crippen molar-refractivity contribution >= 4 is 39.7 Å². The van der Waals surface area contributed by atoms with Crippen LogP contribution in [0.2, 0.25) is 0 Å². The maximum atomic E-state index is 10.3. The molecule has 13 nitrogen and oxygen atoms in total. The van der Waals surface area contributed by atoms with Crippen LogP contribution in [0.25, 0.3) is 21.8 Å². The first-order valence-electron chi connectivity index (χ1n) is 12.1. The fourth-order valence-electron chi connectivity index (χ4n) is 4.80. The van der Waals surface area contributed by atoms with Gasteiger partial charge in [-0.2, -0.15) is 0 Å². The fraction of sp³-hybridized carbons (Fsp3) is 0.346. The molecule has 0 saturated carbocycles. The van der Waals surface area contributed by atoms with Crippen LogP contribution in [-0.4, -0.2) is 79.8 Å². The van der Waals surface area contributed by atoms with Crippen molar-refractivity contribution in [3.8, 4) is 0 Å². The van der Waals surface area contributed by atoms with Gasteiger partial charge in [0.1, 0.15) is 12.4 Å². The van der Waals surface area contributed by atoms with E-state index in [0.717, 1.165) is 32.0 Å². The van der Waals surface area contributed by atoms with Gasteiger partial charge < -0.3 is 34.7 Å². The number of aliphatic carboxylic acids is 3. The second-order valence-electron chi connectivity index (χ2n) is 9.46. The molecule has 0 fully saturated rings. The molecule has 0 amide bonds. The zero-order valence-corrected chi connectivity index (χ0v) is 21.2. The minimum Gasteiger partial charge on any atom is -0.481 e. The molecule has 0 saturated heterocycles. The van der Waals surface area contributed by atoms with E-state index in [-0.39, 0.29) is 6.61 Å². The van der Waals surface area contributed by atoms with Crippen LogP contribution in [0.1, 0.15) is 30.1 Å². The molecular formula is C26H29N5O8. The molecular weight excluding hydrogens is 510 g/mol. The minimum absolute atomic E-state index is 0.0509. The third-order valence-corrected chi connectivity index (χ3v) is 6.72. The monoisotopic (exact) mass is 539 g/mol. The maximum Gasteiger partial charge on any atom is 0.336 e. The Hall–Kier alpha value is -4.33. The van der Waals surface area contributed by atoms with E-state index in [2.05, 4.69) is 69.2 Å². The Labute approximate surface area is 222 Å². The Balaban J connectivity index is 0.000000233. The molecule has 0 bridgehead atoms. The largest absolute Gasteiger partial charge is 0.481 e. The number of aromatic nitrogens is 4. The summed E-state index contributed by atoms with van der Waals surface area (Å²) in [6, 6.07) is 15.3. The molecule has 39 heavy (non-hydrogen) atoms. The van der Waals surface area contributed by atoms with E-state index in [1.165, 1.54) is 27.4 Å². The number of carboxylic acids is 3. The molecule has 0 unspecified atom stereocenters. The van der Waals surface area contributed by atoms with E-state index in [9.17, 15) is 19.5 Å². The van der Waals surface area contributed by atoms with Crippen molar-refractivity contribution < 1.29 is 39.9 Å². The molecule has 0 atom stereocenters. The highest BCUT2D eigenvalue weighted by Crippen LogP contribution is 2.29. The summed E-state index contributed by atoms with van der Waals surface area (Å²) in [5.74, 6) is -3.42. The molecule has 1 aliphatic heterocycles. The topological polar surface area (TPSA) is 191 Å². The first-order valence-corrected chi connectivity index (χ1v) is 12.1. The summed E-state index contributed by atoms with van der Waals surface area (Å²) < 4.78 is 4.30. The van der Waals surface area contributed by atoms with E-state index >= 15 is 0 Å². The summed E-state index contributed by atoms with van der Waals surface area (Å²) in [6.07, 6.45) is -2.29. The van der Waals surface area contributed by atoms with Crippen molar-refractivity contribution in [1.29, 1.82) is 0 Å². The number of carbonyl (C=O) groups is 3. The van der Waals surface area contributed by atoms with Crippen LogP contribution in [0.4, 0.5) is 0 Å². The zero-order chi connectivity index (χ0) is 28.3. The molecule has 1 aliphatic rings. The Morgan fingerprint density at radius 1 is 0.923 bits per heavy atom. The SMILES string of the molecule is Cn1c2ccccc2c2ccc(CN3CCn4c(CO)nnc4C3)cc21.O=C(O)CC(O)(CC(=O)O)C(=O)O. The molecule has 0 aliphatic carbocycles. The van der Waals surface area contributed by atoms with E-state index in [1.54, 1.807) is 0 Å². The summed E-state index contributed by atoms with van der Waals surface area (Å²) in [6.45, 7) is 3.36. The molecule has 0 radical (unpaired) electrons. The van der Waals surface area contributed by atoms with Crippen molar-refractivity contribution in [1.82, 2.24) is 24.2 Å². The van der Waals surface area contributed by atoms with E-state index in [0.29, 0.717) is 5.82 Å². The van der Waals surface area contributed by atoms with Crippen LogP contribution in [0.5, 0.6) is 0 Å². The van der Waals surface area contributed by atoms with Gasteiger partial charge in [0, 0.05) is 48.5 Å². The predicted molar refractivity (Wildman–Crippen MR) is 138 cm³/mol. The average molecular weight is 540 g/mol. The summed E-state index contributed by atoms with van der Waals surface area (Å²) >= 11 is 0. The number of aryl methyl sites for hydroxylation is 1. The first kappa shape index (κ1) is 27.7. The van der Waals surface area contributed by atoms with E-state index < -0.39 is 36.4 Å². The van der Waals surface area contributed by atoms with Gasteiger partial charge in [0.05, 0.1) is 19.4 Å². The van der Waals surface area contributed by atoms with Crippen molar-refractivity contribution in [3.63, 3.8) is 0 Å². The summed E-state index contributed by atoms with van der Waals surface area (Å²) in [5, 5.41) is 54.0. The van der Waals surface area contributed by atoms with Gasteiger partial charge in [-0.15, -0.1) is 10.2 Å². The number of rotatable bonds is 8. The van der Waals surface area contributed by atoms with Gasteiger partial charge in [-0.1, -0.05) is 30.3 Å². The average Bonchev–Trinajstić information content (AvgIpc) is 3.42. The molecule has 4 aromatic rings. The van der Waals surface area contributed by atoms with Crippen LogP contribution in [0, 0.1) is 0 Å². The van der Waals surface area contributed by atoms with Crippen LogP contribution in [-0.2, 0) is 47.7 Å². The van der Waals surface area contributed by atoms with Gasteiger partial charge in [0.15, 0.2) is 11.4 Å².